The average Bonchev–Trinajstić information content (AvgIpc) is 2.19. The van der Waals surface area contributed by atoms with Crippen LogP contribution in [0.1, 0.15) is 0 Å². The molecule has 0 amide bonds. The lowest BCUT2D eigenvalue weighted by atomic mass is 10.2. The smallest absolute Gasteiger partial charge is 0.315 e. The second kappa shape index (κ2) is 4.49. The summed E-state index contributed by atoms with van der Waals surface area (Å²) < 4.78 is 24.7. The molecule has 0 saturated carbocycles. The Bertz CT molecular complexity index is 459. The number of anilines is 1. The van der Waals surface area contributed by atoms with Crippen molar-refractivity contribution in [2.24, 2.45) is 0 Å². The van der Waals surface area contributed by atoms with E-state index in [9.17, 15) is 8.78 Å². The van der Waals surface area contributed by atoms with E-state index >= 15 is 0 Å². The van der Waals surface area contributed by atoms with Crippen LogP contribution in [-0.2, 0) is 0 Å². The minimum Gasteiger partial charge on any atom is -0.399 e. The number of benzene rings is 1. The summed E-state index contributed by atoms with van der Waals surface area (Å²) in [4.78, 5) is 0.658. The highest BCUT2D eigenvalue weighted by Crippen LogP contribution is 2.12. The van der Waals surface area contributed by atoms with Gasteiger partial charge in [-0.05, 0) is 17.4 Å². The number of nitrogen functional groups attached to an aromatic ring is 1. The molecular formula is C10H11ClF2N2. The molecule has 0 aliphatic rings. The van der Waals surface area contributed by atoms with Gasteiger partial charge in [-0.3, -0.25) is 0 Å². The van der Waals surface area contributed by atoms with Gasteiger partial charge in [0.05, 0.1) is 0 Å². The molecule has 82 valence electrons. The van der Waals surface area contributed by atoms with Crippen molar-refractivity contribution in [3.63, 3.8) is 0 Å². The molecule has 0 heterocycles. The Balaban J connectivity index is 3.40. The quantitative estimate of drug-likeness (QED) is 0.612. The molecule has 0 aliphatic carbocycles. The van der Waals surface area contributed by atoms with Crippen LogP contribution in [0, 0.1) is 0 Å². The number of nitrogens with two attached hydrogens (primary N) is 1. The molecule has 1 aromatic carbocycles. The van der Waals surface area contributed by atoms with Crippen molar-refractivity contribution in [2.75, 3.05) is 12.8 Å². The Labute approximate surface area is 91.2 Å². The van der Waals surface area contributed by atoms with E-state index in [2.05, 4.69) is 6.58 Å². The number of rotatable bonds is 2. The normalized spacial score (nSPS) is 12.9. The van der Waals surface area contributed by atoms with Crippen LogP contribution < -0.4 is 16.2 Å². The first kappa shape index (κ1) is 11.8. The first-order valence-electron chi connectivity index (χ1n) is 4.18. The van der Waals surface area contributed by atoms with Gasteiger partial charge in [0.2, 0.25) is 0 Å². The summed E-state index contributed by atoms with van der Waals surface area (Å²) in [6, 6.07) is 4.79. The standard InChI is InChI=1S/C10H11ClF2N2/c1-6-3-4-7(14)5-8(6)9(11)15(2)10(12)13/h3-5,10H,1,14H2,2H3/b9-8-. The summed E-state index contributed by atoms with van der Waals surface area (Å²) in [7, 11) is 1.20. The van der Waals surface area contributed by atoms with Crippen molar-refractivity contribution in [1.82, 2.24) is 4.90 Å². The zero-order valence-corrected chi connectivity index (χ0v) is 8.93. The topological polar surface area (TPSA) is 29.3 Å². The van der Waals surface area contributed by atoms with Crippen LogP contribution in [0.25, 0.3) is 11.7 Å². The molecule has 1 rings (SSSR count). The molecule has 2 nitrogen and oxygen atoms in total. The molecule has 0 radical (unpaired) electrons. The Morgan fingerprint density at radius 3 is 2.67 bits per heavy atom. The maximum atomic E-state index is 12.4. The number of nitrogens with zero attached hydrogens (tertiary/aromatic N) is 1. The summed E-state index contributed by atoms with van der Waals surface area (Å²) in [5.41, 5.74) is 5.99. The van der Waals surface area contributed by atoms with Gasteiger partial charge in [-0.1, -0.05) is 24.2 Å². The lowest BCUT2D eigenvalue weighted by Crippen LogP contribution is -2.32. The Hall–Kier alpha value is -1.29. The number of alkyl halides is 2. The van der Waals surface area contributed by atoms with Crippen molar-refractivity contribution in [2.45, 2.75) is 6.55 Å². The van der Waals surface area contributed by atoms with Gasteiger partial charge in [0, 0.05) is 18.0 Å². The summed E-state index contributed by atoms with van der Waals surface area (Å²) in [6.07, 6.45) is 0. The SMILES string of the molecule is C=c1ccc(N)c/c1=C(\Cl)N(C)C(F)F. The van der Waals surface area contributed by atoms with Crippen molar-refractivity contribution < 1.29 is 8.78 Å². The molecule has 0 unspecified atom stereocenters. The van der Waals surface area contributed by atoms with Gasteiger partial charge in [0.25, 0.3) is 0 Å². The maximum Gasteiger partial charge on any atom is 0.315 e. The van der Waals surface area contributed by atoms with E-state index in [0.29, 0.717) is 21.0 Å². The van der Waals surface area contributed by atoms with E-state index in [1.165, 1.54) is 13.1 Å². The maximum absolute atomic E-state index is 12.4. The number of hydrogen-bond acceptors (Lipinski definition) is 2. The Morgan fingerprint density at radius 1 is 1.53 bits per heavy atom. The molecule has 1 aromatic rings. The number of hydrogen-bond donors (Lipinski definition) is 1. The summed E-state index contributed by atoms with van der Waals surface area (Å²) in [6.45, 7) is 1.04. The van der Waals surface area contributed by atoms with Crippen molar-refractivity contribution in [1.29, 1.82) is 0 Å². The van der Waals surface area contributed by atoms with Gasteiger partial charge in [0.15, 0.2) is 0 Å². The van der Waals surface area contributed by atoms with Gasteiger partial charge in [-0.15, -0.1) is 0 Å². The highest BCUT2D eigenvalue weighted by molar-refractivity contribution is 6.44. The summed E-state index contributed by atoms with van der Waals surface area (Å²) in [5.74, 6) is 0. The van der Waals surface area contributed by atoms with E-state index in [0.717, 1.165) is 0 Å². The van der Waals surface area contributed by atoms with Gasteiger partial charge < -0.3 is 10.6 Å². The van der Waals surface area contributed by atoms with E-state index in [4.69, 9.17) is 17.3 Å². The van der Waals surface area contributed by atoms with Crippen LogP contribution in [-0.4, -0.2) is 18.5 Å². The molecule has 0 bridgehead atoms. The van der Waals surface area contributed by atoms with Crippen molar-refractivity contribution in [3.8, 4) is 0 Å². The first-order valence-corrected chi connectivity index (χ1v) is 4.56. The van der Waals surface area contributed by atoms with Crippen LogP contribution in [0.5, 0.6) is 0 Å². The molecule has 0 atom stereocenters. The molecular weight excluding hydrogens is 222 g/mol. The second-order valence-corrected chi connectivity index (χ2v) is 3.45. The molecule has 0 fully saturated rings. The fraction of sp³-hybridized carbons (Fsp3) is 0.200. The van der Waals surface area contributed by atoms with Gasteiger partial charge in [-0.25, -0.2) is 0 Å². The molecule has 15 heavy (non-hydrogen) atoms. The van der Waals surface area contributed by atoms with Crippen LogP contribution >= 0.6 is 11.6 Å². The molecule has 0 spiro atoms. The molecule has 0 aliphatic heterocycles. The fourth-order valence-corrected chi connectivity index (χ4v) is 1.31. The lowest BCUT2D eigenvalue weighted by Gasteiger charge is -2.16. The fourth-order valence-electron chi connectivity index (χ4n) is 1.06. The van der Waals surface area contributed by atoms with E-state index < -0.39 is 6.55 Å². The van der Waals surface area contributed by atoms with Crippen molar-refractivity contribution >= 4 is 29.0 Å². The third-order valence-electron chi connectivity index (χ3n) is 1.96. The third kappa shape index (κ3) is 2.59. The monoisotopic (exact) mass is 232 g/mol. The van der Waals surface area contributed by atoms with Crippen LogP contribution in [0.4, 0.5) is 14.5 Å². The van der Waals surface area contributed by atoms with E-state index in [-0.39, 0.29) is 5.16 Å². The zero-order chi connectivity index (χ0) is 11.6. The Kier molecular flexibility index (Phi) is 3.52. The van der Waals surface area contributed by atoms with E-state index in [1.807, 2.05) is 0 Å². The molecule has 0 saturated heterocycles. The van der Waals surface area contributed by atoms with Crippen LogP contribution in [0.2, 0.25) is 0 Å². The highest BCUT2D eigenvalue weighted by Gasteiger charge is 2.13. The molecule has 2 N–H and O–H groups in total. The Morgan fingerprint density at radius 2 is 2.13 bits per heavy atom. The van der Waals surface area contributed by atoms with Crippen molar-refractivity contribution in [3.05, 3.63) is 28.6 Å². The third-order valence-corrected chi connectivity index (χ3v) is 2.43. The minimum absolute atomic E-state index is 0.0673. The predicted octanol–water partition coefficient (Wildman–Crippen LogP) is 1.14. The summed E-state index contributed by atoms with van der Waals surface area (Å²) in [5, 5.41) is 0.906. The van der Waals surface area contributed by atoms with E-state index in [1.54, 1.807) is 12.1 Å². The zero-order valence-electron chi connectivity index (χ0n) is 8.17. The number of halogens is 3. The second-order valence-electron chi connectivity index (χ2n) is 3.10. The van der Waals surface area contributed by atoms with Gasteiger partial charge in [0.1, 0.15) is 5.16 Å². The largest absolute Gasteiger partial charge is 0.399 e. The average molecular weight is 233 g/mol. The minimum atomic E-state index is -2.65. The molecule has 5 heteroatoms. The van der Waals surface area contributed by atoms with Gasteiger partial charge >= 0.3 is 6.55 Å². The van der Waals surface area contributed by atoms with Gasteiger partial charge in [-0.2, -0.15) is 8.78 Å². The summed E-state index contributed by atoms with van der Waals surface area (Å²) >= 11 is 5.80. The molecule has 0 aromatic heterocycles. The van der Waals surface area contributed by atoms with Crippen LogP contribution in [0.15, 0.2) is 18.2 Å². The predicted molar refractivity (Wildman–Crippen MR) is 58.7 cm³/mol. The lowest BCUT2D eigenvalue weighted by molar-refractivity contribution is 0.0320. The van der Waals surface area contributed by atoms with Crippen LogP contribution in [0.3, 0.4) is 0 Å². The first-order chi connectivity index (χ1) is 6.93. The highest BCUT2D eigenvalue weighted by atomic mass is 35.5.